The van der Waals surface area contributed by atoms with Gasteiger partial charge in [0.15, 0.2) is 0 Å². The van der Waals surface area contributed by atoms with E-state index < -0.39 is 11.6 Å². The van der Waals surface area contributed by atoms with Crippen molar-refractivity contribution in [1.29, 1.82) is 0 Å². The number of aromatic nitrogens is 4. The molecule has 0 saturated heterocycles. The molecule has 3 heterocycles. The molecular weight excluding hydrogens is 322 g/mol. The van der Waals surface area contributed by atoms with Crippen molar-refractivity contribution in [1.82, 2.24) is 20.0 Å². The molecule has 0 amide bonds. The molecule has 0 unspecified atom stereocenters. The summed E-state index contributed by atoms with van der Waals surface area (Å²) in [5, 5.41) is 12.6. The van der Waals surface area contributed by atoms with E-state index in [1.54, 1.807) is 6.20 Å². The van der Waals surface area contributed by atoms with Gasteiger partial charge < -0.3 is 0 Å². The number of nitrogens with one attached hydrogen (secondary N) is 1. The zero-order valence-corrected chi connectivity index (χ0v) is 13.3. The maximum absolute atomic E-state index is 14.4. The molecule has 1 aliphatic heterocycles. The Hall–Kier alpha value is -3.02. The van der Waals surface area contributed by atoms with Gasteiger partial charge in [-0.15, -0.1) is 0 Å². The van der Waals surface area contributed by atoms with Crippen molar-refractivity contribution in [2.24, 2.45) is 0 Å². The van der Waals surface area contributed by atoms with Gasteiger partial charge in [0.05, 0.1) is 11.7 Å². The fraction of sp³-hybridized carbons (Fsp3) is 0.158. The summed E-state index contributed by atoms with van der Waals surface area (Å²) in [5.74, 6) is -0.943. The first kappa shape index (κ1) is 14.3. The minimum absolute atomic E-state index is 0.196. The van der Waals surface area contributed by atoms with Crippen LogP contribution in [0.3, 0.4) is 0 Å². The highest BCUT2D eigenvalue weighted by atomic mass is 19.1. The molecule has 0 bridgehead atoms. The van der Waals surface area contributed by atoms with Crippen molar-refractivity contribution >= 4 is 10.9 Å². The molecule has 0 saturated carbocycles. The number of fused-ring (bicyclic) bond motifs is 2. The zero-order valence-electron chi connectivity index (χ0n) is 13.3. The summed E-state index contributed by atoms with van der Waals surface area (Å²) in [6.45, 7) is 0.797. The third-order valence-corrected chi connectivity index (χ3v) is 4.76. The van der Waals surface area contributed by atoms with Gasteiger partial charge >= 0.3 is 0 Å². The number of H-pyrrole nitrogens is 1. The molecule has 4 aromatic rings. The van der Waals surface area contributed by atoms with Gasteiger partial charge in [-0.25, -0.2) is 8.78 Å². The number of hydrogen-bond acceptors (Lipinski definition) is 2. The number of nitrogens with zero attached hydrogens (tertiary/aromatic N) is 3. The molecular formula is C19H14F2N4. The second kappa shape index (κ2) is 5.24. The fourth-order valence-electron chi connectivity index (χ4n) is 3.60. The Morgan fingerprint density at radius 1 is 1.08 bits per heavy atom. The predicted octanol–water partition coefficient (Wildman–Crippen LogP) is 4.32. The number of halogens is 2. The van der Waals surface area contributed by atoms with Crippen LogP contribution in [0.15, 0.2) is 42.6 Å². The number of aromatic amines is 1. The molecule has 0 radical (unpaired) electrons. The molecule has 0 atom stereocenters. The van der Waals surface area contributed by atoms with Crippen molar-refractivity contribution in [2.45, 2.75) is 19.4 Å². The number of aryl methyl sites for hydroxylation is 1. The summed E-state index contributed by atoms with van der Waals surface area (Å²) in [4.78, 5) is 0. The Balaban J connectivity index is 1.79. The van der Waals surface area contributed by atoms with E-state index in [2.05, 4.69) is 15.3 Å². The average Bonchev–Trinajstić information content (AvgIpc) is 3.30. The smallest absolute Gasteiger partial charge is 0.132 e. The first-order valence-electron chi connectivity index (χ1n) is 8.19. The highest BCUT2D eigenvalue weighted by Gasteiger charge is 2.25. The maximum atomic E-state index is 14.4. The van der Waals surface area contributed by atoms with Gasteiger partial charge in [-0.1, -0.05) is 12.1 Å². The Morgan fingerprint density at radius 3 is 2.92 bits per heavy atom. The van der Waals surface area contributed by atoms with Gasteiger partial charge in [-0.3, -0.25) is 9.78 Å². The summed E-state index contributed by atoms with van der Waals surface area (Å²) >= 11 is 0. The van der Waals surface area contributed by atoms with Crippen molar-refractivity contribution in [3.05, 3.63) is 59.9 Å². The van der Waals surface area contributed by atoms with Gasteiger partial charge in [0.1, 0.15) is 17.3 Å². The predicted molar refractivity (Wildman–Crippen MR) is 91.0 cm³/mol. The first-order chi connectivity index (χ1) is 12.2. The highest BCUT2D eigenvalue weighted by Crippen LogP contribution is 2.39. The van der Waals surface area contributed by atoms with E-state index in [-0.39, 0.29) is 5.56 Å². The van der Waals surface area contributed by atoms with Crippen LogP contribution < -0.4 is 0 Å². The Bertz CT molecular complexity index is 1110. The molecule has 2 aromatic carbocycles. The van der Waals surface area contributed by atoms with Crippen LogP contribution in [-0.2, 0) is 13.0 Å². The van der Waals surface area contributed by atoms with Crippen LogP contribution in [0.5, 0.6) is 0 Å². The molecule has 0 spiro atoms. The Morgan fingerprint density at radius 2 is 2.00 bits per heavy atom. The minimum atomic E-state index is -0.473. The second-order valence-electron chi connectivity index (χ2n) is 6.29. The molecule has 0 fully saturated rings. The van der Waals surface area contributed by atoms with Crippen LogP contribution in [0.1, 0.15) is 12.1 Å². The molecule has 5 rings (SSSR count). The summed E-state index contributed by atoms with van der Waals surface area (Å²) in [6.07, 6.45) is 3.64. The largest absolute Gasteiger partial charge is 0.278 e. The SMILES string of the molecule is Fc1ccc(F)c(-c2nn3c(c2-c2ccc4cn[nH]c4c2)CCC3)c1. The summed E-state index contributed by atoms with van der Waals surface area (Å²) < 4.78 is 30.0. The van der Waals surface area contributed by atoms with Crippen LogP contribution in [0.25, 0.3) is 33.3 Å². The molecule has 2 aromatic heterocycles. The third-order valence-electron chi connectivity index (χ3n) is 4.76. The van der Waals surface area contributed by atoms with Gasteiger partial charge in [-0.2, -0.15) is 10.2 Å². The standard InChI is InChI=1S/C19H14F2N4/c20-13-5-6-15(21)14(9-13)19-18(17-2-1-7-25(17)24-19)11-3-4-12-10-22-23-16(12)8-11/h3-6,8-10H,1-2,7H2,(H,22,23). The van der Waals surface area contributed by atoms with Crippen LogP contribution in [0.4, 0.5) is 8.78 Å². The lowest BCUT2D eigenvalue weighted by molar-refractivity contribution is 0.601. The van der Waals surface area contributed by atoms with Crippen LogP contribution >= 0.6 is 0 Å². The van der Waals surface area contributed by atoms with Crippen molar-refractivity contribution in [3.63, 3.8) is 0 Å². The molecule has 4 nitrogen and oxygen atoms in total. The topological polar surface area (TPSA) is 46.5 Å². The van der Waals surface area contributed by atoms with Crippen LogP contribution in [0, 0.1) is 11.6 Å². The summed E-state index contributed by atoms with van der Waals surface area (Å²) in [7, 11) is 0. The molecule has 1 N–H and O–H groups in total. The van der Waals surface area contributed by atoms with E-state index >= 15 is 0 Å². The van der Waals surface area contributed by atoms with E-state index in [1.807, 2.05) is 22.9 Å². The lowest BCUT2D eigenvalue weighted by atomic mass is 9.97. The van der Waals surface area contributed by atoms with E-state index in [0.717, 1.165) is 59.2 Å². The first-order valence-corrected chi connectivity index (χ1v) is 8.19. The molecule has 6 heteroatoms. The molecule has 25 heavy (non-hydrogen) atoms. The monoisotopic (exact) mass is 336 g/mol. The quantitative estimate of drug-likeness (QED) is 0.593. The van der Waals surface area contributed by atoms with Gasteiger partial charge in [-0.05, 0) is 42.7 Å². The van der Waals surface area contributed by atoms with Gasteiger partial charge in [0.2, 0.25) is 0 Å². The number of hydrogen-bond donors (Lipinski definition) is 1. The minimum Gasteiger partial charge on any atom is -0.278 e. The second-order valence-corrected chi connectivity index (χ2v) is 6.29. The van der Waals surface area contributed by atoms with Crippen molar-refractivity contribution < 1.29 is 8.78 Å². The van der Waals surface area contributed by atoms with E-state index in [9.17, 15) is 8.78 Å². The third kappa shape index (κ3) is 2.17. The highest BCUT2D eigenvalue weighted by molar-refractivity contribution is 5.89. The average molecular weight is 336 g/mol. The lowest BCUT2D eigenvalue weighted by Gasteiger charge is -2.07. The number of rotatable bonds is 2. The van der Waals surface area contributed by atoms with E-state index in [0.29, 0.717) is 5.69 Å². The normalized spacial score (nSPS) is 13.5. The van der Waals surface area contributed by atoms with Gasteiger partial charge in [0, 0.05) is 28.8 Å². The van der Waals surface area contributed by atoms with Crippen LogP contribution in [-0.4, -0.2) is 20.0 Å². The lowest BCUT2D eigenvalue weighted by Crippen LogP contribution is -1.95. The zero-order chi connectivity index (χ0) is 17.0. The van der Waals surface area contributed by atoms with Crippen molar-refractivity contribution in [3.8, 4) is 22.4 Å². The van der Waals surface area contributed by atoms with Gasteiger partial charge in [0.25, 0.3) is 0 Å². The molecule has 124 valence electrons. The Kier molecular flexibility index (Phi) is 3.00. The van der Waals surface area contributed by atoms with E-state index in [4.69, 9.17) is 0 Å². The molecule has 1 aliphatic rings. The van der Waals surface area contributed by atoms with Crippen molar-refractivity contribution in [2.75, 3.05) is 0 Å². The summed E-state index contributed by atoms with van der Waals surface area (Å²) in [5.41, 5.74) is 4.46. The summed E-state index contributed by atoms with van der Waals surface area (Å²) in [6, 6.07) is 9.42. The number of benzene rings is 2. The Labute approximate surface area is 142 Å². The van der Waals surface area contributed by atoms with Crippen LogP contribution in [0.2, 0.25) is 0 Å². The molecule has 0 aliphatic carbocycles. The fourth-order valence-corrected chi connectivity index (χ4v) is 3.60. The van der Waals surface area contributed by atoms with E-state index in [1.165, 1.54) is 6.07 Å². The maximum Gasteiger partial charge on any atom is 0.132 e.